The van der Waals surface area contributed by atoms with Crippen LogP contribution in [0.3, 0.4) is 0 Å². The van der Waals surface area contributed by atoms with E-state index < -0.39 is 22.9 Å². The van der Waals surface area contributed by atoms with Crippen LogP contribution in [-0.2, 0) is 5.41 Å². The second-order valence-electron chi connectivity index (χ2n) is 3.48. The van der Waals surface area contributed by atoms with Crippen molar-refractivity contribution < 1.29 is 13.2 Å². The van der Waals surface area contributed by atoms with E-state index >= 15 is 0 Å². The van der Waals surface area contributed by atoms with Crippen LogP contribution in [0.1, 0.15) is 18.4 Å². The molecule has 0 unspecified atom stereocenters. The highest BCUT2D eigenvalue weighted by molar-refractivity contribution is 5.41. The highest BCUT2D eigenvalue weighted by Gasteiger charge is 2.43. The standard InChI is InChI=1S/C11H7F3/c1-2-11(3-4-11)7-5-8(12)10(14)9(13)6-7/h1,5-6H,3-4H2. The summed E-state index contributed by atoms with van der Waals surface area (Å²) >= 11 is 0. The third kappa shape index (κ3) is 1.19. The number of halogens is 3. The van der Waals surface area contributed by atoms with Crippen LogP contribution >= 0.6 is 0 Å². The van der Waals surface area contributed by atoms with E-state index in [1.807, 2.05) is 0 Å². The van der Waals surface area contributed by atoms with Gasteiger partial charge in [0.05, 0.1) is 5.41 Å². The molecule has 1 saturated carbocycles. The minimum atomic E-state index is -1.44. The maximum atomic E-state index is 12.9. The van der Waals surface area contributed by atoms with Crippen molar-refractivity contribution in [3.05, 3.63) is 35.1 Å². The summed E-state index contributed by atoms with van der Waals surface area (Å²) in [6, 6.07) is 1.95. The van der Waals surface area contributed by atoms with Gasteiger partial charge in [-0.15, -0.1) is 6.42 Å². The van der Waals surface area contributed by atoms with Crippen LogP contribution in [0.15, 0.2) is 12.1 Å². The molecule has 72 valence electrons. The summed E-state index contributed by atoms with van der Waals surface area (Å²) in [4.78, 5) is 0. The zero-order chi connectivity index (χ0) is 10.3. The van der Waals surface area contributed by atoms with E-state index in [0.717, 1.165) is 12.1 Å². The van der Waals surface area contributed by atoms with Crippen LogP contribution in [-0.4, -0.2) is 0 Å². The van der Waals surface area contributed by atoms with E-state index in [0.29, 0.717) is 18.4 Å². The Hall–Kier alpha value is -1.43. The Labute approximate surface area is 79.7 Å². The van der Waals surface area contributed by atoms with E-state index in [1.165, 1.54) is 0 Å². The fraction of sp³-hybridized carbons (Fsp3) is 0.273. The van der Waals surface area contributed by atoms with Crippen LogP contribution in [0, 0.1) is 29.8 Å². The normalized spacial score (nSPS) is 17.6. The molecule has 0 saturated heterocycles. The highest BCUT2D eigenvalue weighted by Crippen LogP contribution is 2.47. The molecule has 1 aliphatic carbocycles. The maximum absolute atomic E-state index is 12.9. The van der Waals surface area contributed by atoms with Gasteiger partial charge in [0.25, 0.3) is 0 Å². The van der Waals surface area contributed by atoms with Crippen LogP contribution < -0.4 is 0 Å². The third-order valence-electron chi connectivity index (χ3n) is 2.56. The fourth-order valence-electron chi connectivity index (χ4n) is 1.47. The van der Waals surface area contributed by atoms with Crippen LogP contribution in [0.25, 0.3) is 0 Å². The number of hydrogen-bond donors (Lipinski definition) is 0. The van der Waals surface area contributed by atoms with E-state index in [2.05, 4.69) is 5.92 Å². The van der Waals surface area contributed by atoms with E-state index in [9.17, 15) is 13.2 Å². The quantitative estimate of drug-likeness (QED) is 0.478. The summed E-state index contributed by atoms with van der Waals surface area (Å²) < 4.78 is 38.3. The van der Waals surface area contributed by atoms with Crippen molar-refractivity contribution in [1.29, 1.82) is 0 Å². The van der Waals surface area contributed by atoms with Crippen molar-refractivity contribution in [2.75, 3.05) is 0 Å². The molecule has 14 heavy (non-hydrogen) atoms. The highest BCUT2D eigenvalue weighted by atomic mass is 19.2. The van der Waals surface area contributed by atoms with Gasteiger partial charge in [-0.1, -0.05) is 5.92 Å². The summed E-state index contributed by atoms with van der Waals surface area (Å²) in [5.41, 5.74) is -0.202. The lowest BCUT2D eigenvalue weighted by atomic mass is 9.97. The number of terminal acetylenes is 1. The van der Waals surface area contributed by atoms with E-state index in [-0.39, 0.29) is 0 Å². The second kappa shape index (κ2) is 2.78. The van der Waals surface area contributed by atoms with Crippen LogP contribution in [0.5, 0.6) is 0 Å². The lowest BCUT2D eigenvalue weighted by Gasteiger charge is -2.08. The number of rotatable bonds is 1. The zero-order valence-electron chi connectivity index (χ0n) is 7.28. The molecular formula is C11H7F3. The molecule has 0 aliphatic heterocycles. The van der Waals surface area contributed by atoms with Crippen molar-refractivity contribution in [2.45, 2.75) is 18.3 Å². The van der Waals surface area contributed by atoms with Gasteiger partial charge in [0.1, 0.15) is 0 Å². The molecule has 0 heterocycles. The lowest BCUT2D eigenvalue weighted by molar-refractivity contribution is 0.444. The lowest BCUT2D eigenvalue weighted by Crippen LogP contribution is -2.05. The Balaban J connectivity index is 2.53. The van der Waals surface area contributed by atoms with Gasteiger partial charge in [0.2, 0.25) is 0 Å². The molecule has 0 amide bonds. The Bertz CT molecular complexity index is 402. The molecule has 1 aromatic carbocycles. The molecule has 0 spiro atoms. The van der Waals surface area contributed by atoms with Gasteiger partial charge in [-0.3, -0.25) is 0 Å². The first-order chi connectivity index (χ1) is 6.59. The van der Waals surface area contributed by atoms with Crippen LogP contribution in [0.4, 0.5) is 13.2 Å². The van der Waals surface area contributed by atoms with Crippen molar-refractivity contribution in [3.8, 4) is 12.3 Å². The molecule has 0 nitrogen and oxygen atoms in total. The molecule has 0 N–H and O–H groups in total. The Morgan fingerprint density at radius 1 is 1.14 bits per heavy atom. The fourth-order valence-corrected chi connectivity index (χ4v) is 1.47. The molecular weight excluding hydrogens is 189 g/mol. The van der Waals surface area contributed by atoms with E-state index in [4.69, 9.17) is 6.42 Å². The first-order valence-corrected chi connectivity index (χ1v) is 4.22. The van der Waals surface area contributed by atoms with Gasteiger partial charge >= 0.3 is 0 Å². The summed E-state index contributed by atoms with van der Waals surface area (Å²) in [6.07, 6.45) is 6.66. The average molecular weight is 196 g/mol. The number of benzene rings is 1. The number of hydrogen-bond acceptors (Lipinski definition) is 0. The first-order valence-electron chi connectivity index (χ1n) is 4.22. The molecule has 1 aliphatic rings. The molecule has 0 bridgehead atoms. The van der Waals surface area contributed by atoms with Crippen molar-refractivity contribution in [3.63, 3.8) is 0 Å². The zero-order valence-corrected chi connectivity index (χ0v) is 7.28. The molecule has 0 atom stereocenters. The smallest absolute Gasteiger partial charge is 0.194 e. The summed E-state index contributed by atoms with van der Waals surface area (Å²) in [7, 11) is 0. The third-order valence-corrected chi connectivity index (χ3v) is 2.56. The average Bonchev–Trinajstić information content (AvgIpc) is 2.94. The SMILES string of the molecule is C#CC1(c2cc(F)c(F)c(F)c2)CC1. The Morgan fingerprint density at radius 3 is 2.00 bits per heavy atom. The Morgan fingerprint density at radius 2 is 1.64 bits per heavy atom. The van der Waals surface area contributed by atoms with Crippen molar-refractivity contribution in [1.82, 2.24) is 0 Å². The van der Waals surface area contributed by atoms with Gasteiger partial charge in [-0.05, 0) is 30.5 Å². The minimum Gasteiger partial charge on any atom is -0.204 e. The summed E-state index contributed by atoms with van der Waals surface area (Å²) in [5, 5.41) is 0. The molecule has 1 fully saturated rings. The maximum Gasteiger partial charge on any atom is 0.194 e. The predicted octanol–water partition coefficient (Wildman–Crippen LogP) is 2.77. The summed E-state index contributed by atoms with van der Waals surface area (Å²) in [6.45, 7) is 0. The van der Waals surface area contributed by atoms with Crippen molar-refractivity contribution in [2.24, 2.45) is 0 Å². The van der Waals surface area contributed by atoms with Gasteiger partial charge in [-0.2, -0.15) is 0 Å². The molecule has 0 radical (unpaired) electrons. The monoisotopic (exact) mass is 196 g/mol. The topological polar surface area (TPSA) is 0 Å². The van der Waals surface area contributed by atoms with Gasteiger partial charge < -0.3 is 0 Å². The second-order valence-corrected chi connectivity index (χ2v) is 3.48. The minimum absolute atomic E-state index is 0.358. The predicted molar refractivity (Wildman–Crippen MR) is 46.1 cm³/mol. The van der Waals surface area contributed by atoms with Gasteiger partial charge in [0, 0.05) is 0 Å². The van der Waals surface area contributed by atoms with Gasteiger partial charge in [-0.25, -0.2) is 13.2 Å². The molecule has 0 aromatic heterocycles. The molecule has 2 rings (SSSR count). The molecule has 3 heteroatoms. The first kappa shape index (κ1) is 9.14. The largest absolute Gasteiger partial charge is 0.204 e. The van der Waals surface area contributed by atoms with Crippen molar-refractivity contribution >= 4 is 0 Å². The summed E-state index contributed by atoms with van der Waals surface area (Å²) in [5.74, 6) is -1.31. The Kier molecular flexibility index (Phi) is 1.81. The van der Waals surface area contributed by atoms with Gasteiger partial charge in [0.15, 0.2) is 17.5 Å². The molecule has 1 aromatic rings. The van der Waals surface area contributed by atoms with Crippen LogP contribution in [0.2, 0.25) is 0 Å². The van der Waals surface area contributed by atoms with E-state index in [1.54, 1.807) is 0 Å².